The second-order valence-electron chi connectivity index (χ2n) is 9.14. The molecule has 176 valence electrons. The average molecular weight is 463 g/mol. The van der Waals surface area contributed by atoms with Crippen molar-refractivity contribution in [3.63, 3.8) is 0 Å². The summed E-state index contributed by atoms with van der Waals surface area (Å²) in [5.41, 5.74) is 0.504. The minimum atomic E-state index is -0.633. The number of nitriles is 1. The van der Waals surface area contributed by atoms with Gasteiger partial charge in [0.05, 0.1) is 30.4 Å². The van der Waals surface area contributed by atoms with E-state index < -0.39 is 17.6 Å². The first-order chi connectivity index (χ1) is 16.2. The van der Waals surface area contributed by atoms with Gasteiger partial charge in [0.2, 0.25) is 0 Å². The Kier molecular flexibility index (Phi) is 6.36. The molecule has 0 bridgehead atoms. The highest BCUT2D eigenvalue weighted by Crippen LogP contribution is 2.24. The third kappa shape index (κ3) is 5.43. The zero-order chi connectivity index (χ0) is 24.3. The van der Waals surface area contributed by atoms with Crippen molar-refractivity contribution in [1.82, 2.24) is 25.0 Å². The molecule has 1 saturated heterocycles. The van der Waals surface area contributed by atoms with Crippen molar-refractivity contribution in [3.8, 4) is 17.4 Å². The second kappa shape index (κ2) is 9.39. The van der Waals surface area contributed by atoms with Gasteiger partial charge in [-0.25, -0.2) is 9.78 Å². The summed E-state index contributed by atoms with van der Waals surface area (Å²) in [7, 11) is 0. The van der Waals surface area contributed by atoms with Crippen molar-refractivity contribution in [1.29, 1.82) is 5.26 Å². The standard InChI is InChI=1S/C24H26N6O4/c1-24(2,3)34-23(32)30-14-18(11-19(30)15-29-9-5-8-27-29)28-21(31)22-26-13-20(33-22)17-7-4-6-16(10-17)12-25/h4-10,13,18-19H,11,14-15H2,1-3H3,(H,28,31)/t18?,19-/m1/s1. The first-order valence-corrected chi connectivity index (χ1v) is 11.0. The summed E-state index contributed by atoms with van der Waals surface area (Å²) in [6, 6.07) is 10.2. The van der Waals surface area contributed by atoms with Crippen molar-refractivity contribution in [2.24, 2.45) is 0 Å². The van der Waals surface area contributed by atoms with E-state index in [0.29, 0.717) is 36.4 Å². The van der Waals surface area contributed by atoms with E-state index in [1.54, 1.807) is 40.0 Å². The fourth-order valence-electron chi connectivity index (χ4n) is 3.86. The Balaban J connectivity index is 1.45. The number of carbonyl (C=O) groups excluding carboxylic acids is 2. The number of hydrogen-bond donors (Lipinski definition) is 1. The molecular weight excluding hydrogens is 436 g/mol. The first-order valence-electron chi connectivity index (χ1n) is 11.0. The van der Waals surface area contributed by atoms with Crippen molar-refractivity contribution in [2.75, 3.05) is 6.54 Å². The van der Waals surface area contributed by atoms with Gasteiger partial charge in [-0.2, -0.15) is 10.4 Å². The molecule has 34 heavy (non-hydrogen) atoms. The van der Waals surface area contributed by atoms with Gasteiger partial charge in [0.1, 0.15) is 5.60 Å². The number of carbonyl (C=O) groups is 2. The minimum Gasteiger partial charge on any atom is -0.444 e. The number of benzene rings is 1. The normalized spacial score (nSPS) is 17.9. The highest BCUT2D eigenvalue weighted by atomic mass is 16.6. The average Bonchev–Trinajstić information content (AvgIpc) is 3.54. The van der Waals surface area contributed by atoms with E-state index in [0.717, 1.165) is 0 Å². The topological polar surface area (TPSA) is 126 Å². The van der Waals surface area contributed by atoms with Crippen LogP contribution in [0.2, 0.25) is 0 Å². The maximum Gasteiger partial charge on any atom is 0.410 e. The number of hydrogen-bond acceptors (Lipinski definition) is 7. The van der Waals surface area contributed by atoms with E-state index in [4.69, 9.17) is 14.4 Å². The number of nitrogens with zero attached hydrogens (tertiary/aromatic N) is 5. The lowest BCUT2D eigenvalue weighted by atomic mass is 10.1. The highest BCUT2D eigenvalue weighted by molar-refractivity contribution is 5.90. The van der Waals surface area contributed by atoms with Crippen LogP contribution in [-0.2, 0) is 11.3 Å². The summed E-state index contributed by atoms with van der Waals surface area (Å²) >= 11 is 0. The lowest BCUT2D eigenvalue weighted by molar-refractivity contribution is 0.0208. The molecule has 1 fully saturated rings. The van der Waals surface area contributed by atoms with Crippen molar-refractivity contribution in [3.05, 3.63) is 60.4 Å². The van der Waals surface area contributed by atoms with Gasteiger partial charge < -0.3 is 19.4 Å². The van der Waals surface area contributed by atoms with Gasteiger partial charge in [-0.05, 0) is 45.4 Å². The third-order valence-corrected chi connectivity index (χ3v) is 5.31. The van der Waals surface area contributed by atoms with Gasteiger partial charge in [0, 0.05) is 30.5 Å². The molecule has 4 rings (SSSR count). The molecule has 1 N–H and O–H groups in total. The molecule has 0 saturated carbocycles. The molecule has 10 heteroatoms. The summed E-state index contributed by atoms with van der Waals surface area (Å²) < 4.78 is 13.0. The van der Waals surface area contributed by atoms with E-state index in [1.165, 1.54) is 6.20 Å². The van der Waals surface area contributed by atoms with E-state index in [2.05, 4.69) is 21.5 Å². The van der Waals surface area contributed by atoms with Gasteiger partial charge in [0.15, 0.2) is 5.76 Å². The van der Waals surface area contributed by atoms with E-state index >= 15 is 0 Å². The molecule has 3 heterocycles. The Bertz CT molecular complexity index is 1200. The van der Waals surface area contributed by atoms with Gasteiger partial charge in [0.25, 0.3) is 5.89 Å². The van der Waals surface area contributed by atoms with Crippen LogP contribution in [0.25, 0.3) is 11.3 Å². The Hall–Kier alpha value is -4.13. The van der Waals surface area contributed by atoms with Crippen molar-refractivity contribution in [2.45, 2.75) is 51.4 Å². The molecule has 1 aliphatic rings. The fourth-order valence-corrected chi connectivity index (χ4v) is 3.86. The molecule has 10 nitrogen and oxygen atoms in total. The van der Waals surface area contributed by atoms with Crippen molar-refractivity contribution < 1.29 is 18.7 Å². The molecule has 0 spiro atoms. The van der Waals surface area contributed by atoms with Crippen LogP contribution in [0.4, 0.5) is 4.79 Å². The van der Waals surface area contributed by atoms with Crippen LogP contribution in [0.5, 0.6) is 0 Å². The molecule has 1 aromatic carbocycles. The van der Waals surface area contributed by atoms with Crippen molar-refractivity contribution >= 4 is 12.0 Å². The molecule has 2 aromatic heterocycles. The molecule has 0 radical (unpaired) electrons. The van der Waals surface area contributed by atoms with E-state index in [1.807, 2.05) is 33.0 Å². The lowest BCUT2D eigenvalue weighted by Gasteiger charge is -2.28. The quantitative estimate of drug-likeness (QED) is 0.617. The number of nitrogens with one attached hydrogen (secondary N) is 1. The molecule has 2 atom stereocenters. The Morgan fingerprint density at radius 3 is 2.85 bits per heavy atom. The number of ether oxygens (including phenoxy) is 1. The predicted molar refractivity (Wildman–Crippen MR) is 121 cm³/mol. The Morgan fingerprint density at radius 1 is 1.32 bits per heavy atom. The zero-order valence-corrected chi connectivity index (χ0v) is 19.3. The molecule has 1 aliphatic heterocycles. The van der Waals surface area contributed by atoms with Crippen LogP contribution in [0.3, 0.4) is 0 Å². The number of amides is 2. The van der Waals surface area contributed by atoms with Crippen LogP contribution in [-0.4, -0.2) is 55.9 Å². The van der Waals surface area contributed by atoms with Crippen LogP contribution >= 0.6 is 0 Å². The molecule has 2 amide bonds. The Labute approximate surface area is 197 Å². The summed E-state index contributed by atoms with van der Waals surface area (Å²) in [6.45, 7) is 6.22. The van der Waals surface area contributed by atoms with Gasteiger partial charge >= 0.3 is 12.0 Å². The van der Waals surface area contributed by atoms with Crippen LogP contribution in [0.1, 0.15) is 43.4 Å². The van der Waals surface area contributed by atoms with Crippen LogP contribution < -0.4 is 5.32 Å². The first kappa shape index (κ1) is 23.0. The molecular formula is C24H26N6O4. The van der Waals surface area contributed by atoms with Crippen LogP contribution in [0, 0.1) is 11.3 Å². The smallest absolute Gasteiger partial charge is 0.410 e. The van der Waals surface area contributed by atoms with E-state index in [-0.39, 0.29) is 18.0 Å². The second-order valence-corrected chi connectivity index (χ2v) is 9.14. The molecule has 0 aliphatic carbocycles. The minimum absolute atomic E-state index is 0.0864. The summed E-state index contributed by atoms with van der Waals surface area (Å²) in [6.07, 6.45) is 5.06. The summed E-state index contributed by atoms with van der Waals surface area (Å²) in [5, 5.41) is 16.2. The number of oxazole rings is 1. The highest BCUT2D eigenvalue weighted by Gasteiger charge is 2.39. The summed E-state index contributed by atoms with van der Waals surface area (Å²) in [5.74, 6) is -0.172. The molecule has 1 unspecified atom stereocenters. The zero-order valence-electron chi connectivity index (χ0n) is 19.3. The monoisotopic (exact) mass is 462 g/mol. The maximum atomic E-state index is 12.8. The molecule has 3 aromatic rings. The maximum absolute atomic E-state index is 12.8. The number of likely N-dealkylation sites (tertiary alicyclic amines) is 1. The van der Waals surface area contributed by atoms with E-state index in [9.17, 15) is 9.59 Å². The number of rotatable bonds is 5. The third-order valence-electron chi connectivity index (χ3n) is 5.31. The summed E-state index contributed by atoms with van der Waals surface area (Å²) in [4.78, 5) is 31.4. The van der Waals surface area contributed by atoms with Gasteiger partial charge in [-0.1, -0.05) is 12.1 Å². The largest absolute Gasteiger partial charge is 0.444 e. The predicted octanol–water partition coefficient (Wildman–Crippen LogP) is 3.22. The lowest BCUT2D eigenvalue weighted by Crippen LogP contribution is -2.43. The van der Waals surface area contributed by atoms with Gasteiger partial charge in [-0.3, -0.25) is 9.48 Å². The fraction of sp³-hybridized carbons (Fsp3) is 0.375. The van der Waals surface area contributed by atoms with Gasteiger partial charge in [-0.15, -0.1) is 0 Å². The Morgan fingerprint density at radius 2 is 2.15 bits per heavy atom. The SMILES string of the molecule is CC(C)(C)OC(=O)N1CC(NC(=O)c2ncc(-c3cccc(C#N)c3)o2)C[C@@H]1Cn1cccn1. The number of aromatic nitrogens is 3. The van der Waals surface area contributed by atoms with Crippen LogP contribution in [0.15, 0.2) is 53.3 Å².